The van der Waals surface area contributed by atoms with Crippen LogP contribution in [0.4, 0.5) is 0 Å². The molecule has 5 heteroatoms. The van der Waals surface area contributed by atoms with E-state index in [1.54, 1.807) is 36.6 Å². The molecule has 0 radical (unpaired) electrons. The van der Waals surface area contributed by atoms with Crippen LogP contribution in [0.25, 0.3) is 0 Å². The molecule has 2 rings (SSSR count). The molecular weight excluding hydrogens is 244 g/mol. The lowest BCUT2D eigenvalue weighted by molar-refractivity contribution is 0.1000. The fourth-order valence-electron chi connectivity index (χ4n) is 1.82. The average Bonchev–Trinajstić information content (AvgIpc) is 2.94. The highest BCUT2D eigenvalue weighted by Gasteiger charge is 2.12. The molecule has 100 valence electrons. The van der Waals surface area contributed by atoms with Crippen LogP contribution in [0.5, 0.6) is 0 Å². The minimum absolute atomic E-state index is 0.0664. The van der Waals surface area contributed by atoms with Crippen molar-refractivity contribution < 1.29 is 14.3 Å². The van der Waals surface area contributed by atoms with Crippen LogP contribution >= 0.6 is 0 Å². The molecule has 1 unspecified atom stereocenters. The molecule has 0 saturated heterocycles. The maximum absolute atomic E-state index is 11.1. The molecule has 0 saturated carbocycles. The number of furan rings is 1. The number of nitrogens with two attached hydrogens (primary N) is 1. The van der Waals surface area contributed by atoms with E-state index >= 15 is 0 Å². The molecule has 1 aromatic carbocycles. The first kappa shape index (κ1) is 13.3. The van der Waals surface area contributed by atoms with Crippen LogP contribution in [0.1, 0.15) is 27.7 Å². The van der Waals surface area contributed by atoms with Crippen LogP contribution in [-0.2, 0) is 6.54 Å². The smallest absolute Gasteiger partial charge is 0.248 e. The minimum atomic E-state index is -0.452. The predicted molar refractivity (Wildman–Crippen MR) is 70.3 cm³/mol. The standard InChI is InChI=1S/C14H16N2O3/c15-14(18)11-4-1-3-10(7-11)8-16-12(9-17)13-5-2-6-19-13/h1-7,12,16-17H,8-9H2,(H2,15,18). The Labute approximate surface area is 111 Å². The zero-order valence-electron chi connectivity index (χ0n) is 10.4. The number of hydrogen-bond donors (Lipinski definition) is 3. The molecule has 5 nitrogen and oxygen atoms in total. The lowest BCUT2D eigenvalue weighted by Gasteiger charge is -2.14. The van der Waals surface area contributed by atoms with Crippen molar-refractivity contribution in [2.75, 3.05) is 6.61 Å². The van der Waals surface area contributed by atoms with Crippen molar-refractivity contribution in [3.63, 3.8) is 0 Å². The lowest BCUT2D eigenvalue weighted by atomic mass is 10.1. The molecule has 0 bridgehead atoms. The summed E-state index contributed by atoms with van der Waals surface area (Å²) in [7, 11) is 0. The summed E-state index contributed by atoms with van der Waals surface area (Å²) < 4.78 is 5.24. The van der Waals surface area contributed by atoms with Gasteiger partial charge in [0, 0.05) is 12.1 Å². The van der Waals surface area contributed by atoms with Crippen LogP contribution in [0.15, 0.2) is 47.1 Å². The van der Waals surface area contributed by atoms with Crippen molar-refractivity contribution in [1.82, 2.24) is 5.32 Å². The number of benzene rings is 1. The van der Waals surface area contributed by atoms with Crippen LogP contribution in [-0.4, -0.2) is 17.6 Å². The van der Waals surface area contributed by atoms with Gasteiger partial charge in [-0.3, -0.25) is 4.79 Å². The molecule has 0 fully saturated rings. The monoisotopic (exact) mass is 260 g/mol. The number of amides is 1. The maximum Gasteiger partial charge on any atom is 0.248 e. The fourth-order valence-corrected chi connectivity index (χ4v) is 1.82. The largest absolute Gasteiger partial charge is 0.468 e. The summed E-state index contributed by atoms with van der Waals surface area (Å²) in [5.41, 5.74) is 6.62. The molecule has 19 heavy (non-hydrogen) atoms. The molecule has 0 aliphatic rings. The Bertz CT molecular complexity index is 537. The van der Waals surface area contributed by atoms with Crippen LogP contribution in [0.2, 0.25) is 0 Å². The van der Waals surface area contributed by atoms with Crippen molar-refractivity contribution in [1.29, 1.82) is 0 Å². The summed E-state index contributed by atoms with van der Waals surface area (Å²) in [6.07, 6.45) is 1.56. The van der Waals surface area contributed by atoms with E-state index < -0.39 is 5.91 Å². The molecule has 4 N–H and O–H groups in total. The molecule has 0 spiro atoms. The van der Waals surface area contributed by atoms with Gasteiger partial charge in [0.1, 0.15) is 5.76 Å². The fraction of sp³-hybridized carbons (Fsp3) is 0.214. The van der Waals surface area contributed by atoms with Crippen molar-refractivity contribution in [2.24, 2.45) is 5.73 Å². The van der Waals surface area contributed by atoms with E-state index in [2.05, 4.69) is 5.32 Å². The number of aliphatic hydroxyl groups excluding tert-OH is 1. The molecule has 1 heterocycles. The highest BCUT2D eigenvalue weighted by Crippen LogP contribution is 2.14. The van der Waals surface area contributed by atoms with Crippen molar-refractivity contribution in [3.8, 4) is 0 Å². The van der Waals surface area contributed by atoms with Gasteiger partial charge >= 0.3 is 0 Å². The van der Waals surface area contributed by atoms with E-state index in [1.165, 1.54) is 0 Å². The zero-order chi connectivity index (χ0) is 13.7. The first-order valence-corrected chi connectivity index (χ1v) is 5.97. The summed E-state index contributed by atoms with van der Waals surface area (Å²) in [5.74, 6) is 0.222. The number of carbonyl (C=O) groups is 1. The van der Waals surface area contributed by atoms with Gasteiger partial charge in [0.15, 0.2) is 0 Å². The first-order valence-electron chi connectivity index (χ1n) is 5.97. The van der Waals surface area contributed by atoms with E-state index in [0.717, 1.165) is 5.56 Å². The Morgan fingerprint density at radius 3 is 2.84 bits per heavy atom. The van der Waals surface area contributed by atoms with E-state index in [9.17, 15) is 9.90 Å². The quantitative estimate of drug-likeness (QED) is 0.728. The molecule has 1 amide bonds. The van der Waals surface area contributed by atoms with Gasteiger partial charge in [-0.05, 0) is 29.8 Å². The predicted octanol–water partition coefficient (Wildman–Crippen LogP) is 1.20. The van der Waals surface area contributed by atoms with Crippen molar-refractivity contribution >= 4 is 5.91 Å². The summed E-state index contributed by atoms with van der Waals surface area (Å²) in [6.45, 7) is 0.441. The molecule has 0 aliphatic carbocycles. The number of nitrogens with one attached hydrogen (secondary N) is 1. The molecule has 1 aromatic heterocycles. The van der Waals surface area contributed by atoms with Gasteiger partial charge < -0.3 is 20.6 Å². The molecular formula is C14H16N2O3. The maximum atomic E-state index is 11.1. The molecule has 0 aliphatic heterocycles. The number of hydrogen-bond acceptors (Lipinski definition) is 4. The second-order valence-corrected chi connectivity index (χ2v) is 4.20. The van der Waals surface area contributed by atoms with E-state index in [4.69, 9.17) is 10.2 Å². The van der Waals surface area contributed by atoms with Gasteiger partial charge in [-0.25, -0.2) is 0 Å². The van der Waals surface area contributed by atoms with Crippen LogP contribution in [0, 0.1) is 0 Å². The van der Waals surface area contributed by atoms with Gasteiger partial charge in [-0.2, -0.15) is 0 Å². The third-order valence-electron chi connectivity index (χ3n) is 2.83. The van der Waals surface area contributed by atoms with E-state index in [0.29, 0.717) is 17.9 Å². The Morgan fingerprint density at radius 2 is 2.21 bits per heavy atom. The summed E-state index contributed by atoms with van der Waals surface area (Å²) in [5, 5.41) is 12.5. The Balaban J connectivity index is 2.01. The van der Waals surface area contributed by atoms with Gasteiger partial charge in [0.25, 0.3) is 0 Å². The number of rotatable bonds is 6. The van der Waals surface area contributed by atoms with Crippen LogP contribution < -0.4 is 11.1 Å². The van der Waals surface area contributed by atoms with Gasteiger partial charge in [0.05, 0.1) is 18.9 Å². The third kappa shape index (κ3) is 3.43. The zero-order valence-corrected chi connectivity index (χ0v) is 10.4. The van der Waals surface area contributed by atoms with Gasteiger partial charge in [-0.1, -0.05) is 12.1 Å². The lowest BCUT2D eigenvalue weighted by Crippen LogP contribution is -2.23. The third-order valence-corrected chi connectivity index (χ3v) is 2.83. The second kappa shape index (κ2) is 6.17. The number of aliphatic hydroxyl groups is 1. The van der Waals surface area contributed by atoms with Gasteiger partial charge in [-0.15, -0.1) is 0 Å². The van der Waals surface area contributed by atoms with Crippen molar-refractivity contribution in [2.45, 2.75) is 12.6 Å². The van der Waals surface area contributed by atoms with E-state index in [1.807, 2.05) is 6.07 Å². The summed E-state index contributed by atoms with van der Waals surface area (Å²) in [6, 6.07) is 10.4. The Hall–Kier alpha value is -2.11. The normalized spacial score (nSPS) is 12.3. The molecule has 1 atom stereocenters. The first-order chi connectivity index (χ1) is 9.20. The minimum Gasteiger partial charge on any atom is -0.468 e. The van der Waals surface area contributed by atoms with Crippen molar-refractivity contribution in [3.05, 3.63) is 59.5 Å². The van der Waals surface area contributed by atoms with Gasteiger partial charge in [0.2, 0.25) is 5.91 Å². The highest BCUT2D eigenvalue weighted by atomic mass is 16.3. The average molecular weight is 260 g/mol. The number of primary amides is 1. The van der Waals surface area contributed by atoms with E-state index in [-0.39, 0.29) is 12.6 Å². The molecule has 2 aromatic rings. The number of carbonyl (C=O) groups excluding carboxylic acids is 1. The van der Waals surface area contributed by atoms with Crippen LogP contribution in [0.3, 0.4) is 0 Å². The topological polar surface area (TPSA) is 88.5 Å². The summed E-state index contributed by atoms with van der Waals surface area (Å²) >= 11 is 0. The highest BCUT2D eigenvalue weighted by molar-refractivity contribution is 5.92. The Kier molecular flexibility index (Phi) is 4.33. The summed E-state index contributed by atoms with van der Waals surface area (Å²) in [4.78, 5) is 11.1. The second-order valence-electron chi connectivity index (χ2n) is 4.20. The Morgan fingerprint density at radius 1 is 1.37 bits per heavy atom. The SMILES string of the molecule is NC(=O)c1cccc(CNC(CO)c2ccco2)c1.